The molecule has 1 fully saturated rings. The van der Waals surface area contributed by atoms with Gasteiger partial charge in [0.05, 0.1) is 0 Å². The largest absolute Gasteiger partial charge is 0.317 e. The lowest BCUT2D eigenvalue weighted by Crippen LogP contribution is -2.38. The Labute approximate surface area is 82.7 Å². The van der Waals surface area contributed by atoms with Crippen molar-refractivity contribution in [1.29, 1.82) is 0 Å². The summed E-state index contributed by atoms with van der Waals surface area (Å²) in [5, 5.41) is 3.28. The molecule has 2 nitrogen and oxygen atoms in total. The van der Waals surface area contributed by atoms with Gasteiger partial charge in [0, 0.05) is 12.1 Å². The summed E-state index contributed by atoms with van der Waals surface area (Å²) in [7, 11) is 4.31. The van der Waals surface area contributed by atoms with Crippen LogP contribution >= 0.6 is 0 Å². The second-order valence-electron chi connectivity index (χ2n) is 4.40. The third-order valence-electron chi connectivity index (χ3n) is 3.34. The van der Waals surface area contributed by atoms with E-state index in [1.54, 1.807) is 0 Å². The highest BCUT2D eigenvalue weighted by Crippen LogP contribution is 2.23. The van der Waals surface area contributed by atoms with Gasteiger partial charge in [-0.25, -0.2) is 0 Å². The third kappa shape index (κ3) is 3.65. The highest BCUT2D eigenvalue weighted by Gasteiger charge is 2.21. The van der Waals surface area contributed by atoms with Gasteiger partial charge in [-0.2, -0.15) is 0 Å². The number of hydrogen-bond acceptors (Lipinski definition) is 2. The topological polar surface area (TPSA) is 15.3 Å². The summed E-state index contributed by atoms with van der Waals surface area (Å²) < 4.78 is 0. The van der Waals surface area contributed by atoms with Gasteiger partial charge in [0.2, 0.25) is 0 Å². The van der Waals surface area contributed by atoms with Crippen molar-refractivity contribution in [3.05, 3.63) is 0 Å². The van der Waals surface area contributed by atoms with E-state index in [2.05, 4.69) is 24.2 Å². The first-order chi connectivity index (χ1) is 6.24. The third-order valence-corrected chi connectivity index (χ3v) is 3.34. The first kappa shape index (κ1) is 11.0. The van der Waals surface area contributed by atoms with Crippen molar-refractivity contribution >= 4 is 0 Å². The molecule has 0 spiro atoms. The molecule has 0 radical (unpaired) electrons. The van der Waals surface area contributed by atoms with E-state index < -0.39 is 0 Å². The van der Waals surface area contributed by atoms with Crippen molar-refractivity contribution in [2.24, 2.45) is 0 Å². The fourth-order valence-electron chi connectivity index (χ4n) is 1.80. The van der Waals surface area contributed by atoms with Gasteiger partial charge in [-0.05, 0) is 53.2 Å². The van der Waals surface area contributed by atoms with Crippen molar-refractivity contribution in [1.82, 2.24) is 10.2 Å². The molecule has 78 valence electrons. The van der Waals surface area contributed by atoms with Gasteiger partial charge in [0.15, 0.2) is 0 Å². The Morgan fingerprint density at radius 2 is 2.15 bits per heavy atom. The van der Waals surface area contributed by atoms with Gasteiger partial charge in [0.1, 0.15) is 0 Å². The van der Waals surface area contributed by atoms with E-state index in [1.807, 2.05) is 7.05 Å². The molecular formula is C11H24N2. The standard InChI is InChI=1S/C11H24N2/c1-10(12-2)6-5-9-13(3)11-7-4-8-11/h10-12H,4-9H2,1-3H3. The Balaban J connectivity index is 1.98. The summed E-state index contributed by atoms with van der Waals surface area (Å²) in [4.78, 5) is 2.53. The molecule has 1 unspecified atom stereocenters. The average molecular weight is 184 g/mol. The molecule has 0 aromatic rings. The van der Waals surface area contributed by atoms with Crippen LogP contribution in [0.25, 0.3) is 0 Å². The Morgan fingerprint density at radius 3 is 2.62 bits per heavy atom. The van der Waals surface area contributed by atoms with Gasteiger partial charge in [-0.3, -0.25) is 0 Å². The monoisotopic (exact) mass is 184 g/mol. The molecule has 0 saturated heterocycles. The minimum Gasteiger partial charge on any atom is -0.317 e. The van der Waals surface area contributed by atoms with Gasteiger partial charge < -0.3 is 10.2 Å². The van der Waals surface area contributed by atoms with E-state index in [9.17, 15) is 0 Å². The van der Waals surface area contributed by atoms with Crippen LogP contribution in [0, 0.1) is 0 Å². The molecule has 1 atom stereocenters. The highest BCUT2D eigenvalue weighted by atomic mass is 15.1. The molecule has 2 heteroatoms. The van der Waals surface area contributed by atoms with Crippen molar-refractivity contribution in [3.8, 4) is 0 Å². The molecule has 1 N–H and O–H groups in total. The van der Waals surface area contributed by atoms with E-state index in [1.165, 1.54) is 38.6 Å². The van der Waals surface area contributed by atoms with Crippen LogP contribution in [-0.4, -0.2) is 37.6 Å². The van der Waals surface area contributed by atoms with E-state index in [-0.39, 0.29) is 0 Å². The van der Waals surface area contributed by atoms with Crippen LogP contribution < -0.4 is 5.32 Å². The van der Waals surface area contributed by atoms with Gasteiger partial charge >= 0.3 is 0 Å². The SMILES string of the molecule is CNC(C)CCCN(C)C1CCC1. The molecule has 1 rings (SSSR count). The normalized spacial score (nSPS) is 20.3. The van der Waals surface area contributed by atoms with Crippen molar-refractivity contribution < 1.29 is 0 Å². The molecular weight excluding hydrogens is 160 g/mol. The van der Waals surface area contributed by atoms with E-state index in [4.69, 9.17) is 0 Å². The van der Waals surface area contributed by atoms with Crippen LogP contribution in [0.5, 0.6) is 0 Å². The summed E-state index contributed by atoms with van der Waals surface area (Å²) in [5.41, 5.74) is 0. The van der Waals surface area contributed by atoms with E-state index in [0.717, 1.165) is 6.04 Å². The predicted octanol–water partition coefficient (Wildman–Crippen LogP) is 1.86. The van der Waals surface area contributed by atoms with Crippen molar-refractivity contribution in [3.63, 3.8) is 0 Å². The quantitative estimate of drug-likeness (QED) is 0.678. The lowest BCUT2D eigenvalue weighted by Gasteiger charge is -2.34. The van der Waals surface area contributed by atoms with Crippen LogP contribution in [0.2, 0.25) is 0 Å². The van der Waals surface area contributed by atoms with Gasteiger partial charge in [-0.1, -0.05) is 6.42 Å². The fourth-order valence-corrected chi connectivity index (χ4v) is 1.80. The average Bonchev–Trinajstić information content (AvgIpc) is 2.01. The van der Waals surface area contributed by atoms with Crippen LogP contribution in [0.15, 0.2) is 0 Å². The highest BCUT2D eigenvalue weighted by molar-refractivity contribution is 4.77. The summed E-state index contributed by atoms with van der Waals surface area (Å²) in [6.45, 7) is 3.53. The maximum atomic E-state index is 3.28. The molecule has 0 aliphatic heterocycles. The molecule has 1 aliphatic rings. The first-order valence-electron chi connectivity index (χ1n) is 5.61. The smallest absolute Gasteiger partial charge is 0.00922 e. The van der Waals surface area contributed by atoms with Gasteiger partial charge in [-0.15, -0.1) is 0 Å². The lowest BCUT2D eigenvalue weighted by molar-refractivity contribution is 0.156. The van der Waals surface area contributed by atoms with Gasteiger partial charge in [0.25, 0.3) is 0 Å². The predicted molar refractivity (Wildman–Crippen MR) is 58.0 cm³/mol. The summed E-state index contributed by atoms with van der Waals surface area (Å²) >= 11 is 0. The van der Waals surface area contributed by atoms with E-state index >= 15 is 0 Å². The molecule has 1 aliphatic carbocycles. The molecule has 0 heterocycles. The first-order valence-corrected chi connectivity index (χ1v) is 5.61. The molecule has 0 aromatic carbocycles. The Hall–Kier alpha value is -0.0800. The zero-order valence-electron chi connectivity index (χ0n) is 9.34. The molecule has 13 heavy (non-hydrogen) atoms. The second kappa shape index (κ2) is 5.61. The van der Waals surface area contributed by atoms with Crippen LogP contribution in [0.1, 0.15) is 39.0 Å². The van der Waals surface area contributed by atoms with Crippen LogP contribution in [0.3, 0.4) is 0 Å². The Morgan fingerprint density at radius 1 is 1.46 bits per heavy atom. The zero-order chi connectivity index (χ0) is 9.68. The maximum Gasteiger partial charge on any atom is 0.00922 e. The molecule has 0 bridgehead atoms. The number of nitrogens with zero attached hydrogens (tertiary/aromatic N) is 1. The summed E-state index contributed by atoms with van der Waals surface area (Å²) in [6.07, 6.45) is 6.93. The second-order valence-corrected chi connectivity index (χ2v) is 4.40. The lowest BCUT2D eigenvalue weighted by atomic mass is 9.92. The summed E-state index contributed by atoms with van der Waals surface area (Å²) in [5.74, 6) is 0. The Bertz CT molecular complexity index is 132. The maximum absolute atomic E-state index is 3.28. The number of rotatable bonds is 6. The number of hydrogen-bond donors (Lipinski definition) is 1. The zero-order valence-corrected chi connectivity index (χ0v) is 9.34. The van der Waals surface area contributed by atoms with Crippen LogP contribution in [0.4, 0.5) is 0 Å². The minimum atomic E-state index is 0.676. The minimum absolute atomic E-state index is 0.676. The molecule has 1 saturated carbocycles. The molecule has 0 aromatic heterocycles. The van der Waals surface area contributed by atoms with Crippen molar-refractivity contribution in [2.75, 3.05) is 20.6 Å². The van der Waals surface area contributed by atoms with E-state index in [0.29, 0.717) is 6.04 Å². The fraction of sp³-hybridized carbons (Fsp3) is 1.00. The summed E-state index contributed by atoms with van der Waals surface area (Å²) in [6, 6.07) is 1.58. The number of nitrogens with one attached hydrogen (secondary N) is 1. The molecule has 0 amide bonds. The Kier molecular flexibility index (Phi) is 4.74. The van der Waals surface area contributed by atoms with Crippen LogP contribution in [-0.2, 0) is 0 Å². The van der Waals surface area contributed by atoms with Crippen molar-refractivity contribution in [2.45, 2.75) is 51.1 Å².